The molecule has 0 spiro atoms. The molecule has 0 radical (unpaired) electrons. The van der Waals surface area contributed by atoms with Crippen molar-refractivity contribution in [3.63, 3.8) is 0 Å². The summed E-state index contributed by atoms with van der Waals surface area (Å²) in [5, 5.41) is 2.64. The second-order valence-corrected chi connectivity index (χ2v) is 31.9. The third-order valence-corrected chi connectivity index (χ3v) is 26.3. The molecule has 0 saturated heterocycles. The molecule has 0 amide bonds. The van der Waals surface area contributed by atoms with Gasteiger partial charge in [-0.05, 0) is 35.4 Å². The first-order valence-corrected chi connectivity index (χ1v) is 40.4. The second kappa shape index (κ2) is 26.7. The molecule has 1 aromatic heterocycles. The Labute approximate surface area is 656 Å². The molecule has 4 aliphatic rings. The average molecular weight is 1530 g/mol. The van der Waals surface area contributed by atoms with Gasteiger partial charge in [-0.25, -0.2) is 0 Å². The molecule has 0 fully saturated rings. The van der Waals surface area contributed by atoms with Crippen molar-refractivity contribution >= 4 is 170 Å². The molecule has 0 saturated carbocycles. The number of hydrogen-bond acceptors (Lipinski definition) is 6. The predicted octanol–water partition coefficient (Wildman–Crippen LogP) is 23.1. The minimum atomic E-state index is -0.936. The molecule has 18 aromatic rings. The fraction of sp³-hybridized carbons (Fsp3) is 0. The maximum Gasteiger partial charge on any atom is -0.0543 e. The van der Waals surface area contributed by atoms with Crippen LogP contribution in [-0.4, -0.2) is 33.9 Å². The summed E-state index contributed by atoms with van der Waals surface area (Å²) >= 11 is -0.936. The van der Waals surface area contributed by atoms with Gasteiger partial charge in [-0.15, -0.1) is 0 Å². The van der Waals surface area contributed by atoms with E-state index in [1.807, 2.05) is 0 Å². The van der Waals surface area contributed by atoms with E-state index in [1.165, 1.54) is 45.1 Å². The third-order valence-electron chi connectivity index (χ3n) is 22.8. The smallest absolute Gasteiger partial charge is 0.0543 e. The van der Waals surface area contributed by atoms with Gasteiger partial charge < -0.3 is 0 Å². The molecule has 6 nitrogen and oxygen atoms in total. The quantitative estimate of drug-likeness (QED) is 0.107. The van der Waals surface area contributed by atoms with Crippen LogP contribution in [-0.2, 0) is 0 Å². The summed E-state index contributed by atoms with van der Waals surface area (Å²) in [6.45, 7) is -0.530. The Balaban J connectivity index is 0.851. The van der Waals surface area contributed by atoms with Gasteiger partial charge in [0, 0.05) is 11.1 Å². The summed E-state index contributed by atoms with van der Waals surface area (Å²) in [7, 11) is 0. The van der Waals surface area contributed by atoms with Gasteiger partial charge in [-0.3, -0.25) is 0 Å². The minimum Gasteiger partial charge on any atom is -0.0616 e. The zero-order valence-corrected chi connectivity index (χ0v) is 62.7. The van der Waals surface area contributed by atoms with Crippen LogP contribution in [0.25, 0.3) is 62.1 Å². The Morgan fingerprint density at radius 2 is 0.613 bits per heavy atom. The maximum absolute atomic E-state index is 8.15. The predicted molar refractivity (Wildman–Crippen MR) is 469 cm³/mol. The third kappa shape index (κ3) is 10.6. The Kier molecular flexibility index (Phi) is 15.5. The number of nitrogens with zero attached hydrogens (tertiary/aromatic N) is 5. The van der Waals surface area contributed by atoms with Crippen molar-refractivity contribution in [1.29, 1.82) is 0 Å². The monoisotopic (exact) mass is 1530 g/mol. The van der Waals surface area contributed by atoms with Crippen LogP contribution in [0.1, 0.15) is 0 Å². The summed E-state index contributed by atoms with van der Waals surface area (Å²) < 4.78 is 11.0. The number of rotatable bonds is 13. The molecule has 17 aromatic carbocycles. The molecule has 0 bridgehead atoms. The normalized spacial score (nSPS) is 12.7. The molecule has 111 heavy (non-hydrogen) atoms. The number of hydrogen-bond donors (Lipinski definition) is 0. The Hall–Kier alpha value is -13.5. The Bertz CT molecular complexity index is 6680. The van der Waals surface area contributed by atoms with E-state index in [0.29, 0.717) is 0 Å². The van der Waals surface area contributed by atoms with Crippen LogP contribution in [0.4, 0.5) is 85.3 Å². The first kappa shape index (κ1) is 64.6. The van der Waals surface area contributed by atoms with Crippen LogP contribution in [0, 0.1) is 0 Å². The molecule has 22 rings (SSSR count). The number of anilines is 15. The number of benzene rings is 17. The van der Waals surface area contributed by atoms with E-state index in [4.69, 9.17) is 4.74 Å². The van der Waals surface area contributed by atoms with Crippen LogP contribution in [0.15, 0.2) is 406 Å². The SMILES string of the molecule is c1ccc(-c2ccccc2N(c2ccccc2)c2cc3c4c(c2)N(c2ccccc2-c2ccccc2)c2ccccc2B4c2cc4c(cc2O3)N(c2cccc3c2[te]c2ccccc23)c2cc(N(c3ccccc3)c3ccccc3-c3ccccc3)cc3c2B4c2ccccc2N3c2ccccc2-c2ccccc2)cc1. The number of ether oxygens (including phenoxy) is 1. The fourth-order valence-corrected chi connectivity index (χ4v) is 21.6. The van der Waals surface area contributed by atoms with Crippen molar-refractivity contribution in [3.8, 4) is 56.0 Å². The van der Waals surface area contributed by atoms with Gasteiger partial charge in [-0.1, -0.05) is 127 Å². The topological polar surface area (TPSA) is 25.4 Å². The van der Waals surface area contributed by atoms with Gasteiger partial charge in [0.15, 0.2) is 0 Å². The van der Waals surface area contributed by atoms with E-state index in [-0.39, 0.29) is 13.4 Å². The first-order valence-electron chi connectivity index (χ1n) is 38.1. The van der Waals surface area contributed by atoms with Crippen molar-refractivity contribution in [2.45, 2.75) is 0 Å². The summed E-state index contributed by atoms with van der Waals surface area (Å²) in [6.07, 6.45) is 0. The molecule has 0 N–H and O–H groups in total. The first-order chi connectivity index (χ1) is 55.1. The van der Waals surface area contributed by atoms with Gasteiger partial charge in [0.25, 0.3) is 0 Å². The molecule has 9 heteroatoms. The maximum atomic E-state index is 8.15. The van der Waals surface area contributed by atoms with Crippen LogP contribution < -0.4 is 62.0 Å². The standard InChI is InChI=1S/C102H67B2N5OTe/c1-7-34-68(35-8-1)76-46-19-26-54-86(76)105(72-42-15-5-16-43-72)74-62-94-100-95(63-74)109(92-60-33-51-81-80-50-23-32-61-99(80)111-102(81)92)93-67-97-85(66-84(93)103(100)82-52-24-30-58-90(82)107(94)88-56-28-21-48-78(88)70-38-11-3-12-39-70)104-83-53-25-31-59-91(83)108(89-57-29-22-49-79(89)71-40-13-4-14-41-71)96-64-75(65-98(110-97)101(96)104)106(73-44-17-6-18-45-73)87-55-27-20-47-77(87)69-36-9-2-10-37-69/h1-67H. The van der Waals surface area contributed by atoms with Crippen LogP contribution in [0.5, 0.6) is 11.5 Å². The number of fused-ring (bicyclic) bond motifs is 11. The van der Waals surface area contributed by atoms with Crippen LogP contribution in [0.2, 0.25) is 0 Å². The molecule has 0 aliphatic carbocycles. The van der Waals surface area contributed by atoms with E-state index in [1.54, 1.807) is 0 Å². The van der Waals surface area contributed by atoms with Crippen molar-refractivity contribution in [1.82, 2.24) is 0 Å². The van der Waals surface area contributed by atoms with E-state index in [9.17, 15) is 0 Å². The second-order valence-electron chi connectivity index (χ2n) is 28.9. The van der Waals surface area contributed by atoms with Gasteiger partial charge >= 0.3 is 487 Å². The molecule has 4 aliphatic heterocycles. The molecular formula is C102H67B2N5OTe. The Morgan fingerprint density at radius 3 is 1.14 bits per heavy atom. The van der Waals surface area contributed by atoms with Crippen molar-refractivity contribution in [2.75, 3.05) is 24.5 Å². The summed E-state index contributed by atoms with van der Waals surface area (Å²) in [6, 6.07) is 151. The largest absolute Gasteiger partial charge is 0.0616 e. The molecular weight excluding hydrogens is 1460 g/mol. The zero-order valence-electron chi connectivity index (χ0n) is 60.4. The molecule has 518 valence electrons. The van der Waals surface area contributed by atoms with E-state index in [2.05, 4.69) is 431 Å². The van der Waals surface area contributed by atoms with Crippen molar-refractivity contribution < 1.29 is 4.74 Å². The zero-order chi connectivity index (χ0) is 73.0. The van der Waals surface area contributed by atoms with E-state index in [0.717, 1.165) is 147 Å². The van der Waals surface area contributed by atoms with Crippen molar-refractivity contribution in [3.05, 3.63) is 406 Å². The van der Waals surface area contributed by atoms with E-state index >= 15 is 0 Å². The van der Waals surface area contributed by atoms with Crippen LogP contribution in [0.3, 0.4) is 0 Å². The number of para-hydroxylation sites is 8. The fourth-order valence-electron chi connectivity index (χ4n) is 18.2. The average Bonchev–Trinajstić information content (AvgIpc) is 0.856. The van der Waals surface area contributed by atoms with Gasteiger partial charge in [0.05, 0.1) is 0 Å². The molecule has 5 heterocycles. The summed E-state index contributed by atoms with van der Waals surface area (Å²) in [5.74, 6) is 1.62. The van der Waals surface area contributed by atoms with Crippen molar-refractivity contribution in [2.24, 2.45) is 0 Å². The van der Waals surface area contributed by atoms with Crippen LogP contribution >= 0.6 is 0 Å². The summed E-state index contributed by atoms with van der Waals surface area (Å²) in [4.78, 5) is 12.8. The summed E-state index contributed by atoms with van der Waals surface area (Å²) in [5.41, 5.74) is 32.3. The van der Waals surface area contributed by atoms with E-state index < -0.39 is 20.4 Å². The van der Waals surface area contributed by atoms with Gasteiger partial charge in [-0.2, -0.15) is 0 Å². The van der Waals surface area contributed by atoms with Gasteiger partial charge in [0.1, 0.15) is 0 Å². The molecule has 0 atom stereocenters. The minimum absolute atomic E-state index is 0.260. The van der Waals surface area contributed by atoms with Gasteiger partial charge in [0.2, 0.25) is 0 Å². The molecule has 0 unspecified atom stereocenters. The Morgan fingerprint density at radius 1 is 0.234 bits per heavy atom.